The van der Waals surface area contributed by atoms with Gasteiger partial charge >= 0.3 is 0 Å². The predicted octanol–water partition coefficient (Wildman–Crippen LogP) is 4.86. The van der Waals surface area contributed by atoms with E-state index in [-0.39, 0.29) is 23.6 Å². The number of carbonyl (C=O) groups excluding carboxylic acids is 3. The zero-order chi connectivity index (χ0) is 32.1. The maximum absolute atomic E-state index is 13.9. The summed E-state index contributed by atoms with van der Waals surface area (Å²) in [7, 11) is 1.61. The minimum Gasteiger partial charge on any atom is -0.457 e. The predicted molar refractivity (Wildman–Crippen MR) is 174 cm³/mol. The Morgan fingerprint density at radius 3 is 2.29 bits per heavy atom. The Labute approximate surface area is 267 Å². The molecule has 3 amide bonds. The molecule has 3 fully saturated rings. The van der Waals surface area contributed by atoms with Gasteiger partial charge in [0.25, 0.3) is 5.91 Å². The molecule has 1 saturated carbocycles. The molecule has 2 aliphatic heterocycles. The number of nitrogens with one attached hydrogen (secondary N) is 2. The molecule has 45 heavy (non-hydrogen) atoms. The van der Waals surface area contributed by atoms with Crippen LogP contribution in [0.15, 0.2) is 36.4 Å². The van der Waals surface area contributed by atoms with E-state index < -0.39 is 17.7 Å². The number of benzene rings is 2. The lowest BCUT2D eigenvalue weighted by atomic mass is 9.77. The van der Waals surface area contributed by atoms with E-state index in [1.807, 2.05) is 17.0 Å². The normalized spacial score (nSPS) is 21.4. The second-order valence-electron chi connectivity index (χ2n) is 13.2. The van der Waals surface area contributed by atoms with Crippen molar-refractivity contribution in [2.45, 2.75) is 103 Å². The summed E-state index contributed by atoms with van der Waals surface area (Å²) in [5.74, 6) is 1.12. The molecule has 0 aromatic heterocycles. The second kappa shape index (κ2) is 14.3. The molecule has 2 heterocycles. The molecule has 1 spiro atoms. The molecule has 3 aliphatic rings. The number of hydrogen-bond donors (Lipinski definition) is 3. The number of piperazine rings is 1. The molecule has 3 N–H and O–H groups in total. The van der Waals surface area contributed by atoms with Gasteiger partial charge in [-0.05, 0) is 105 Å². The zero-order valence-electron chi connectivity index (χ0n) is 27.4. The fourth-order valence-electron chi connectivity index (χ4n) is 7.48. The molecule has 9 nitrogen and oxygen atoms in total. The van der Waals surface area contributed by atoms with Crippen LogP contribution in [0, 0.1) is 19.8 Å². The van der Waals surface area contributed by atoms with Crippen LogP contribution in [0.3, 0.4) is 0 Å². The van der Waals surface area contributed by atoms with E-state index in [1.54, 1.807) is 31.3 Å². The van der Waals surface area contributed by atoms with E-state index >= 15 is 0 Å². The number of likely N-dealkylation sites (tertiary alicyclic amines) is 1. The van der Waals surface area contributed by atoms with Gasteiger partial charge in [-0.3, -0.25) is 19.3 Å². The van der Waals surface area contributed by atoms with Crippen LogP contribution in [0.25, 0.3) is 0 Å². The third-order valence-electron chi connectivity index (χ3n) is 10.3. The van der Waals surface area contributed by atoms with Crippen LogP contribution in [0.1, 0.15) is 91.8 Å². The summed E-state index contributed by atoms with van der Waals surface area (Å²) in [5, 5.41) is 16.9. The molecule has 2 aromatic rings. The fourth-order valence-corrected chi connectivity index (χ4v) is 7.48. The average Bonchev–Trinajstić information content (AvgIpc) is 3.05. The van der Waals surface area contributed by atoms with Crippen molar-refractivity contribution in [2.75, 3.05) is 26.7 Å². The first-order valence-electron chi connectivity index (χ1n) is 16.8. The van der Waals surface area contributed by atoms with Gasteiger partial charge in [-0.25, -0.2) is 0 Å². The molecule has 9 heteroatoms. The van der Waals surface area contributed by atoms with Crippen molar-refractivity contribution < 1.29 is 24.2 Å². The molecular formula is C36H50N4O5. The molecule has 0 radical (unpaired) electrons. The first kappa shape index (κ1) is 32.9. The third kappa shape index (κ3) is 7.04. The van der Waals surface area contributed by atoms with Gasteiger partial charge in [0, 0.05) is 38.8 Å². The summed E-state index contributed by atoms with van der Waals surface area (Å²) >= 11 is 0. The van der Waals surface area contributed by atoms with E-state index in [9.17, 15) is 19.5 Å². The van der Waals surface area contributed by atoms with Gasteiger partial charge in [0.15, 0.2) is 0 Å². The Balaban J connectivity index is 1.25. The molecule has 2 saturated heterocycles. The van der Waals surface area contributed by atoms with Crippen LogP contribution in [0.4, 0.5) is 0 Å². The monoisotopic (exact) mass is 618 g/mol. The van der Waals surface area contributed by atoms with Gasteiger partial charge in [0.1, 0.15) is 23.1 Å². The molecular weight excluding hydrogens is 568 g/mol. The largest absolute Gasteiger partial charge is 0.457 e. The van der Waals surface area contributed by atoms with E-state index in [4.69, 9.17) is 4.74 Å². The smallest absolute Gasteiger partial charge is 0.251 e. The lowest BCUT2D eigenvalue weighted by Gasteiger charge is -2.52. The van der Waals surface area contributed by atoms with Crippen molar-refractivity contribution in [2.24, 2.45) is 5.92 Å². The van der Waals surface area contributed by atoms with Crippen LogP contribution < -0.4 is 15.4 Å². The van der Waals surface area contributed by atoms with Gasteiger partial charge in [-0.15, -0.1) is 0 Å². The highest BCUT2D eigenvalue weighted by Crippen LogP contribution is 2.37. The van der Waals surface area contributed by atoms with Gasteiger partial charge in [-0.2, -0.15) is 0 Å². The Morgan fingerprint density at radius 1 is 1.04 bits per heavy atom. The van der Waals surface area contributed by atoms with Crippen molar-refractivity contribution in [3.8, 4) is 11.5 Å². The molecule has 5 rings (SSSR count). The number of ether oxygens (including phenoxy) is 1. The Morgan fingerprint density at radius 2 is 1.69 bits per heavy atom. The number of hydrogen-bond acceptors (Lipinski definition) is 6. The highest BCUT2D eigenvalue weighted by Gasteiger charge is 2.55. The number of amides is 3. The van der Waals surface area contributed by atoms with Gasteiger partial charge in [-0.1, -0.05) is 32.6 Å². The zero-order valence-corrected chi connectivity index (χ0v) is 27.4. The molecule has 1 aliphatic carbocycles. The van der Waals surface area contributed by atoms with Crippen LogP contribution in [-0.2, 0) is 16.1 Å². The third-order valence-corrected chi connectivity index (χ3v) is 10.3. The Hall–Kier alpha value is -3.43. The van der Waals surface area contributed by atoms with E-state index in [2.05, 4.69) is 36.3 Å². The quantitative estimate of drug-likeness (QED) is 0.351. The topological polar surface area (TPSA) is 111 Å². The Kier molecular flexibility index (Phi) is 10.5. The summed E-state index contributed by atoms with van der Waals surface area (Å²) < 4.78 is 6.11. The number of nitrogens with zero attached hydrogens (tertiary/aromatic N) is 2. The first-order chi connectivity index (χ1) is 21.7. The highest BCUT2D eigenvalue weighted by atomic mass is 16.5. The van der Waals surface area contributed by atoms with E-state index in [0.29, 0.717) is 43.8 Å². The number of piperidine rings is 1. The van der Waals surface area contributed by atoms with Crippen LogP contribution >= 0.6 is 0 Å². The molecule has 0 bridgehead atoms. The highest BCUT2D eigenvalue weighted by molar-refractivity contribution is 6.00. The number of rotatable bonds is 10. The van der Waals surface area contributed by atoms with E-state index in [1.165, 1.54) is 12.0 Å². The van der Waals surface area contributed by atoms with Crippen molar-refractivity contribution in [3.63, 3.8) is 0 Å². The molecule has 2 aromatic carbocycles. The summed E-state index contributed by atoms with van der Waals surface area (Å²) in [4.78, 5) is 43.8. The summed E-state index contributed by atoms with van der Waals surface area (Å²) in [6.07, 6.45) is 7.22. The van der Waals surface area contributed by atoms with Crippen molar-refractivity contribution in [1.82, 2.24) is 20.4 Å². The van der Waals surface area contributed by atoms with Crippen molar-refractivity contribution in [1.29, 1.82) is 0 Å². The molecule has 2 atom stereocenters. The van der Waals surface area contributed by atoms with Crippen molar-refractivity contribution in [3.05, 3.63) is 58.7 Å². The van der Waals surface area contributed by atoms with Crippen LogP contribution in [0.2, 0.25) is 0 Å². The lowest BCUT2D eigenvalue weighted by molar-refractivity contribution is -0.166. The average molecular weight is 619 g/mol. The number of aliphatic hydroxyl groups is 1. The number of carbonyl (C=O) groups is 3. The minimum atomic E-state index is -0.860. The summed E-state index contributed by atoms with van der Waals surface area (Å²) in [5.41, 5.74) is 3.21. The lowest BCUT2D eigenvalue weighted by Crippen LogP contribution is -2.75. The van der Waals surface area contributed by atoms with Gasteiger partial charge in [0.05, 0.1) is 6.10 Å². The van der Waals surface area contributed by atoms with Crippen molar-refractivity contribution >= 4 is 17.7 Å². The molecule has 0 unspecified atom stereocenters. The number of aryl methyl sites for hydroxylation is 2. The summed E-state index contributed by atoms with van der Waals surface area (Å²) in [6, 6.07) is 10.3. The molecule has 244 valence electrons. The maximum Gasteiger partial charge on any atom is 0.251 e. The number of aliphatic hydroxyl groups excluding tert-OH is 1. The minimum absolute atomic E-state index is 0.0646. The van der Waals surface area contributed by atoms with Gasteiger partial charge in [0.2, 0.25) is 11.8 Å². The van der Waals surface area contributed by atoms with E-state index in [0.717, 1.165) is 61.9 Å². The summed E-state index contributed by atoms with van der Waals surface area (Å²) in [6.45, 7) is 8.98. The van der Waals surface area contributed by atoms with Crippen LogP contribution in [0.5, 0.6) is 11.5 Å². The fraction of sp³-hybridized carbons (Fsp3) is 0.583. The number of unbranched alkanes of at least 4 members (excludes halogenated alkanes) is 1. The maximum atomic E-state index is 13.9. The van der Waals surface area contributed by atoms with Crippen LogP contribution in [-0.4, -0.2) is 77.0 Å². The second-order valence-corrected chi connectivity index (χ2v) is 13.2. The Bertz CT molecular complexity index is 1340. The first-order valence-corrected chi connectivity index (χ1v) is 16.8. The SMILES string of the molecule is CCCCN1C(=O)[C@@H]([C@H](O)C2CCCCC2)NC(=O)C12CCN(Cc1c(C)cc(Oc3ccc(C(=O)NC)cc3)cc1C)CC2. The standard InChI is InChI=1S/C36H50N4O5/c1-5-6-18-40-34(43)31(32(41)26-10-8-7-9-11-26)38-35(44)36(40)16-19-39(20-17-36)23-30-24(2)21-29(22-25(30)3)45-28-14-12-27(13-15-28)33(42)37-4/h12-15,21-22,26,31-32,41H,5-11,16-20,23H2,1-4H3,(H,37,42)(H,38,44)/t31-,32-/m1/s1. The van der Waals surface area contributed by atoms with Gasteiger partial charge < -0.3 is 25.4 Å².